The molecule has 2 amide bonds. The van der Waals surface area contributed by atoms with Gasteiger partial charge in [0.2, 0.25) is 5.91 Å². The van der Waals surface area contributed by atoms with Gasteiger partial charge in [0, 0.05) is 12.7 Å². The fourth-order valence-corrected chi connectivity index (χ4v) is 2.20. The Morgan fingerprint density at radius 2 is 1.71 bits per heavy atom. The van der Waals surface area contributed by atoms with Gasteiger partial charge in [-0.25, -0.2) is 0 Å². The normalized spacial score (nSPS) is 10.1. The molecule has 0 saturated heterocycles. The number of amides is 2. The standard InChI is InChI=1S/C19H22N2O3/c1-13-5-4-6-17(14(13)2)24-12-19(23)21-16-9-7-15(8-10-16)11-18(22)20-3/h4-10H,11-12H2,1-3H3,(H,20,22)(H,21,23). The Morgan fingerprint density at radius 3 is 2.38 bits per heavy atom. The van der Waals surface area contributed by atoms with E-state index in [0.717, 1.165) is 16.7 Å². The number of aryl methyl sites for hydroxylation is 1. The number of likely N-dealkylation sites (N-methyl/N-ethyl adjacent to an activating group) is 1. The molecule has 0 fully saturated rings. The first-order chi connectivity index (χ1) is 11.5. The van der Waals surface area contributed by atoms with Crippen LogP contribution in [0.15, 0.2) is 42.5 Å². The highest BCUT2D eigenvalue weighted by Crippen LogP contribution is 2.20. The molecule has 2 aromatic rings. The number of anilines is 1. The summed E-state index contributed by atoms with van der Waals surface area (Å²) in [6.07, 6.45) is 0.320. The summed E-state index contributed by atoms with van der Waals surface area (Å²) in [4.78, 5) is 23.3. The highest BCUT2D eigenvalue weighted by molar-refractivity contribution is 5.92. The number of benzene rings is 2. The lowest BCUT2D eigenvalue weighted by atomic mass is 10.1. The van der Waals surface area contributed by atoms with Gasteiger partial charge in [-0.15, -0.1) is 0 Å². The first-order valence-electron chi connectivity index (χ1n) is 7.78. The molecule has 2 N–H and O–H groups in total. The lowest BCUT2D eigenvalue weighted by Gasteiger charge is -2.11. The van der Waals surface area contributed by atoms with E-state index >= 15 is 0 Å². The van der Waals surface area contributed by atoms with Crippen LogP contribution in [0.3, 0.4) is 0 Å². The van der Waals surface area contributed by atoms with Crippen molar-refractivity contribution >= 4 is 17.5 Å². The van der Waals surface area contributed by atoms with Crippen LogP contribution < -0.4 is 15.4 Å². The van der Waals surface area contributed by atoms with Crippen molar-refractivity contribution in [1.82, 2.24) is 5.32 Å². The zero-order chi connectivity index (χ0) is 17.5. The van der Waals surface area contributed by atoms with Crippen molar-refractivity contribution in [1.29, 1.82) is 0 Å². The van der Waals surface area contributed by atoms with Crippen molar-refractivity contribution in [2.45, 2.75) is 20.3 Å². The van der Waals surface area contributed by atoms with Crippen LogP contribution in [-0.2, 0) is 16.0 Å². The summed E-state index contributed by atoms with van der Waals surface area (Å²) in [6, 6.07) is 12.9. The lowest BCUT2D eigenvalue weighted by Crippen LogP contribution is -2.21. The third-order valence-electron chi connectivity index (χ3n) is 3.79. The van der Waals surface area contributed by atoms with Crippen LogP contribution in [0.2, 0.25) is 0 Å². The summed E-state index contributed by atoms with van der Waals surface area (Å²) < 4.78 is 5.58. The van der Waals surface area contributed by atoms with E-state index in [2.05, 4.69) is 10.6 Å². The van der Waals surface area contributed by atoms with Crippen molar-refractivity contribution in [2.75, 3.05) is 19.0 Å². The predicted molar refractivity (Wildman–Crippen MR) is 94.3 cm³/mol. The Balaban J connectivity index is 1.88. The average Bonchev–Trinajstić information content (AvgIpc) is 2.58. The largest absolute Gasteiger partial charge is 0.483 e. The van der Waals surface area contributed by atoms with E-state index in [1.807, 2.05) is 44.2 Å². The molecule has 0 heterocycles. The Morgan fingerprint density at radius 1 is 1.00 bits per heavy atom. The second-order valence-corrected chi connectivity index (χ2v) is 5.58. The molecule has 0 radical (unpaired) electrons. The van der Waals surface area contributed by atoms with Gasteiger partial charge in [0.05, 0.1) is 6.42 Å². The van der Waals surface area contributed by atoms with Gasteiger partial charge in [-0.05, 0) is 48.7 Å². The van der Waals surface area contributed by atoms with Crippen molar-refractivity contribution in [3.63, 3.8) is 0 Å². The van der Waals surface area contributed by atoms with Crippen molar-refractivity contribution in [3.8, 4) is 5.75 Å². The first kappa shape index (κ1) is 17.5. The van der Waals surface area contributed by atoms with Gasteiger partial charge >= 0.3 is 0 Å². The van der Waals surface area contributed by atoms with Crippen LogP contribution in [0.4, 0.5) is 5.69 Å². The summed E-state index contributed by atoms with van der Waals surface area (Å²) in [5, 5.41) is 5.35. The number of hydrogen-bond donors (Lipinski definition) is 2. The fourth-order valence-electron chi connectivity index (χ4n) is 2.20. The molecule has 0 atom stereocenters. The van der Waals surface area contributed by atoms with Gasteiger partial charge < -0.3 is 15.4 Å². The molecule has 24 heavy (non-hydrogen) atoms. The molecule has 2 aromatic carbocycles. The molecule has 126 valence electrons. The molecule has 0 aliphatic carbocycles. The topological polar surface area (TPSA) is 67.4 Å². The van der Waals surface area contributed by atoms with Crippen LogP contribution in [0.25, 0.3) is 0 Å². The summed E-state index contributed by atoms with van der Waals surface area (Å²) in [5.74, 6) is 0.440. The number of carbonyl (C=O) groups is 2. The molecule has 5 nitrogen and oxygen atoms in total. The zero-order valence-corrected chi connectivity index (χ0v) is 14.2. The van der Waals surface area contributed by atoms with Crippen molar-refractivity contribution in [2.24, 2.45) is 0 Å². The van der Waals surface area contributed by atoms with E-state index in [1.54, 1.807) is 19.2 Å². The third kappa shape index (κ3) is 4.84. The van der Waals surface area contributed by atoms with E-state index in [1.165, 1.54) is 0 Å². The number of hydrogen-bond acceptors (Lipinski definition) is 3. The first-order valence-corrected chi connectivity index (χ1v) is 7.78. The lowest BCUT2D eigenvalue weighted by molar-refractivity contribution is -0.120. The minimum atomic E-state index is -0.227. The number of nitrogens with one attached hydrogen (secondary N) is 2. The van der Waals surface area contributed by atoms with E-state index in [4.69, 9.17) is 4.74 Å². The molecule has 0 spiro atoms. The Hall–Kier alpha value is -2.82. The fraction of sp³-hybridized carbons (Fsp3) is 0.263. The minimum Gasteiger partial charge on any atom is -0.483 e. The molecule has 0 saturated carbocycles. The number of rotatable bonds is 6. The summed E-state index contributed by atoms with van der Waals surface area (Å²) in [6.45, 7) is 3.92. The Labute approximate surface area is 142 Å². The van der Waals surface area contributed by atoms with Crippen LogP contribution in [0.1, 0.15) is 16.7 Å². The average molecular weight is 326 g/mol. The van der Waals surface area contributed by atoms with Crippen LogP contribution >= 0.6 is 0 Å². The molecule has 5 heteroatoms. The third-order valence-corrected chi connectivity index (χ3v) is 3.79. The quantitative estimate of drug-likeness (QED) is 0.857. The molecule has 0 unspecified atom stereocenters. The van der Waals surface area contributed by atoms with E-state index in [-0.39, 0.29) is 18.4 Å². The molecule has 0 aliphatic rings. The van der Waals surface area contributed by atoms with Gasteiger partial charge in [0.15, 0.2) is 6.61 Å². The van der Waals surface area contributed by atoms with Gasteiger partial charge in [0.25, 0.3) is 5.91 Å². The van der Waals surface area contributed by atoms with Crippen molar-refractivity contribution in [3.05, 3.63) is 59.2 Å². The second kappa shape index (κ2) is 8.15. The van der Waals surface area contributed by atoms with Gasteiger partial charge in [-0.1, -0.05) is 24.3 Å². The molecular weight excluding hydrogens is 304 g/mol. The highest BCUT2D eigenvalue weighted by Gasteiger charge is 2.07. The molecule has 0 aliphatic heterocycles. The van der Waals surface area contributed by atoms with Gasteiger partial charge in [0.1, 0.15) is 5.75 Å². The van der Waals surface area contributed by atoms with E-state index in [9.17, 15) is 9.59 Å². The molecule has 0 bridgehead atoms. The number of carbonyl (C=O) groups excluding carboxylic acids is 2. The summed E-state index contributed by atoms with van der Waals surface area (Å²) in [7, 11) is 1.60. The monoisotopic (exact) mass is 326 g/mol. The smallest absolute Gasteiger partial charge is 0.262 e. The maximum atomic E-state index is 12.0. The van der Waals surface area contributed by atoms with E-state index in [0.29, 0.717) is 17.9 Å². The predicted octanol–water partition coefficient (Wildman–Crippen LogP) is 2.61. The molecule has 2 rings (SSSR count). The minimum absolute atomic E-state index is 0.0475. The Bertz CT molecular complexity index is 724. The van der Waals surface area contributed by atoms with Crippen LogP contribution in [0.5, 0.6) is 5.75 Å². The summed E-state index contributed by atoms with van der Waals surface area (Å²) >= 11 is 0. The maximum Gasteiger partial charge on any atom is 0.262 e. The second-order valence-electron chi connectivity index (χ2n) is 5.58. The SMILES string of the molecule is CNC(=O)Cc1ccc(NC(=O)COc2cccc(C)c2C)cc1. The number of ether oxygens (including phenoxy) is 1. The van der Waals surface area contributed by atoms with Crippen LogP contribution in [0, 0.1) is 13.8 Å². The maximum absolute atomic E-state index is 12.0. The zero-order valence-electron chi connectivity index (χ0n) is 14.2. The Kier molecular flexibility index (Phi) is 5.95. The summed E-state index contributed by atoms with van der Waals surface area (Å²) in [5.41, 5.74) is 3.72. The highest BCUT2D eigenvalue weighted by atomic mass is 16.5. The van der Waals surface area contributed by atoms with E-state index < -0.39 is 0 Å². The van der Waals surface area contributed by atoms with Crippen LogP contribution in [-0.4, -0.2) is 25.5 Å². The molecule has 0 aromatic heterocycles. The molecular formula is C19H22N2O3. The van der Waals surface area contributed by atoms with Gasteiger partial charge in [-0.2, -0.15) is 0 Å². The van der Waals surface area contributed by atoms with Gasteiger partial charge in [-0.3, -0.25) is 9.59 Å². The van der Waals surface area contributed by atoms with Crippen molar-refractivity contribution < 1.29 is 14.3 Å².